The zero-order valence-electron chi connectivity index (χ0n) is 16.3. The Bertz CT molecular complexity index is 1040. The Morgan fingerprint density at radius 3 is 2.39 bits per heavy atom. The number of nitrogens with one attached hydrogen (secondary N) is 2. The van der Waals surface area contributed by atoms with Crippen molar-refractivity contribution in [1.29, 1.82) is 0 Å². The third kappa shape index (κ3) is 6.46. The molecule has 0 aliphatic carbocycles. The van der Waals surface area contributed by atoms with Gasteiger partial charge in [0.2, 0.25) is 0 Å². The average molecular weight is 477 g/mol. The number of hydrogen-bond donors (Lipinski definition) is 2. The summed E-state index contributed by atoms with van der Waals surface area (Å²) in [7, 11) is 0. The van der Waals surface area contributed by atoms with E-state index in [-0.39, 0.29) is 33.3 Å². The van der Waals surface area contributed by atoms with Gasteiger partial charge in [0.05, 0.1) is 33.4 Å². The first-order chi connectivity index (χ1) is 14.3. The fourth-order valence-corrected chi connectivity index (χ4v) is 2.52. The van der Waals surface area contributed by atoms with Gasteiger partial charge in [0, 0.05) is 13.0 Å². The van der Waals surface area contributed by atoms with Crippen molar-refractivity contribution in [2.75, 3.05) is 10.6 Å². The molecule has 0 saturated carbocycles. The highest BCUT2D eigenvalue weighted by Gasteiger charge is 2.33. The standard InChI is InChI=1S/C18H16Cl2F2N4O5/c1-8(2)31-11-5-9(4-10(6-11)26(29)30)16(27)23-13-7-12(19)14(20)24-15(13)25-17(28)18(3,21)22/h4-8H,1-3H3,(H,23,27)(H,24,25,28). The molecule has 0 aliphatic rings. The number of hydrogen-bond acceptors (Lipinski definition) is 6. The Morgan fingerprint density at radius 1 is 1.19 bits per heavy atom. The van der Waals surface area contributed by atoms with E-state index in [2.05, 4.69) is 10.3 Å². The van der Waals surface area contributed by atoms with Gasteiger partial charge in [-0.1, -0.05) is 23.2 Å². The minimum atomic E-state index is -3.74. The molecule has 13 heteroatoms. The van der Waals surface area contributed by atoms with Crippen LogP contribution in [-0.2, 0) is 4.79 Å². The van der Waals surface area contributed by atoms with E-state index >= 15 is 0 Å². The number of carbonyl (C=O) groups is 2. The number of ether oxygens (including phenoxy) is 1. The molecule has 9 nitrogen and oxygen atoms in total. The number of rotatable bonds is 7. The van der Waals surface area contributed by atoms with Crippen molar-refractivity contribution in [3.8, 4) is 5.75 Å². The Hall–Kier alpha value is -3.05. The Labute approximate surface area is 184 Å². The minimum Gasteiger partial charge on any atom is -0.491 e. The third-order valence-electron chi connectivity index (χ3n) is 3.55. The zero-order valence-corrected chi connectivity index (χ0v) is 17.8. The number of halogens is 4. The number of pyridine rings is 1. The maximum Gasteiger partial charge on any atom is 0.322 e. The number of aromatic nitrogens is 1. The normalized spacial score (nSPS) is 11.2. The molecule has 2 rings (SSSR count). The Balaban J connectivity index is 2.43. The van der Waals surface area contributed by atoms with Gasteiger partial charge in [-0.25, -0.2) is 4.98 Å². The highest BCUT2D eigenvalue weighted by Crippen LogP contribution is 2.31. The van der Waals surface area contributed by atoms with Crippen LogP contribution in [0, 0.1) is 10.1 Å². The second-order valence-electron chi connectivity index (χ2n) is 6.59. The first-order valence-corrected chi connectivity index (χ1v) is 9.36. The molecule has 2 amide bonds. The summed E-state index contributed by atoms with van der Waals surface area (Å²) in [4.78, 5) is 38.5. The predicted molar refractivity (Wildman–Crippen MR) is 110 cm³/mol. The molecule has 1 aromatic carbocycles. The molecule has 31 heavy (non-hydrogen) atoms. The molecular weight excluding hydrogens is 461 g/mol. The molecule has 2 aromatic rings. The molecular formula is C18H16Cl2F2N4O5. The van der Waals surface area contributed by atoms with E-state index in [1.165, 1.54) is 6.07 Å². The summed E-state index contributed by atoms with van der Waals surface area (Å²) in [6.45, 7) is 3.76. The van der Waals surface area contributed by atoms with Gasteiger partial charge in [-0.3, -0.25) is 19.7 Å². The summed E-state index contributed by atoms with van der Waals surface area (Å²) >= 11 is 11.7. The van der Waals surface area contributed by atoms with Gasteiger partial charge in [0.15, 0.2) is 5.82 Å². The lowest BCUT2D eigenvalue weighted by Gasteiger charge is -2.15. The summed E-state index contributed by atoms with van der Waals surface area (Å²) in [5.74, 6) is -6.73. The van der Waals surface area contributed by atoms with Gasteiger partial charge in [0.25, 0.3) is 17.5 Å². The van der Waals surface area contributed by atoms with E-state index in [1.54, 1.807) is 13.8 Å². The molecule has 0 saturated heterocycles. The molecule has 0 aliphatic heterocycles. The smallest absolute Gasteiger partial charge is 0.322 e. The van der Waals surface area contributed by atoms with Crippen LogP contribution in [0.3, 0.4) is 0 Å². The molecule has 0 fully saturated rings. The first kappa shape index (κ1) is 24.2. The molecule has 0 spiro atoms. The van der Waals surface area contributed by atoms with Crippen molar-refractivity contribution in [2.45, 2.75) is 32.8 Å². The van der Waals surface area contributed by atoms with E-state index in [0.29, 0.717) is 6.92 Å². The third-order valence-corrected chi connectivity index (χ3v) is 4.22. The fraction of sp³-hybridized carbons (Fsp3) is 0.278. The second-order valence-corrected chi connectivity index (χ2v) is 7.36. The number of non-ortho nitro benzene ring substituents is 1. The number of nitro groups is 1. The number of anilines is 2. The molecule has 1 aromatic heterocycles. The SMILES string of the molecule is CC(C)Oc1cc(C(=O)Nc2cc(Cl)c(Cl)nc2NC(=O)C(C)(F)F)cc([N+](=O)[O-])c1. The highest BCUT2D eigenvalue weighted by atomic mass is 35.5. The second kappa shape index (κ2) is 9.40. The summed E-state index contributed by atoms with van der Waals surface area (Å²) in [5.41, 5.74) is -0.835. The molecule has 166 valence electrons. The Morgan fingerprint density at radius 2 is 1.84 bits per heavy atom. The number of carbonyl (C=O) groups excluding carboxylic acids is 2. The maximum atomic E-state index is 13.2. The van der Waals surface area contributed by atoms with Crippen molar-refractivity contribution in [3.05, 3.63) is 50.1 Å². The van der Waals surface area contributed by atoms with E-state index < -0.39 is 34.2 Å². The van der Waals surface area contributed by atoms with Gasteiger partial charge in [0.1, 0.15) is 10.9 Å². The summed E-state index contributed by atoms with van der Waals surface area (Å²) in [6, 6.07) is 4.48. The van der Waals surface area contributed by atoms with Crippen molar-refractivity contribution < 1.29 is 28.0 Å². The van der Waals surface area contributed by atoms with E-state index in [0.717, 1.165) is 18.2 Å². The Kier molecular flexibility index (Phi) is 7.34. The molecule has 0 bridgehead atoms. The molecule has 1 heterocycles. The van der Waals surface area contributed by atoms with E-state index in [9.17, 15) is 28.5 Å². The topological polar surface area (TPSA) is 123 Å². The van der Waals surface area contributed by atoms with Crippen molar-refractivity contribution in [3.63, 3.8) is 0 Å². The van der Waals surface area contributed by atoms with E-state index in [4.69, 9.17) is 27.9 Å². The monoisotopic (exact) mass is 476 g/mol. The van der Waals surface area contributed by atoms with Gasteiger partial charge >= 0.3 is 5.92 Å². The molecule has 0 atom stereocenters. The van der Waals surface area contributed by atoms with E-state index in [1.807, 2.05) is 5.32 Å². The number of nitrogens with zero attached hydrogens (tertiary/aromatic N) is 2. The van der Waals surface area contributed by atoms with Crippen molar-refractivity contribution >= 4 is 52.2 Å². The number of amides is 2. The molecule has 2 N–H and O–H groups in total. The lowest BCUT2D eigenvalue weighted by molar-refractivity contribution is -0.385. The summed E-state index contributed by atoms with van der Waals surface area (Å²) in [5, 5.41) is 14.9. The van der Waals surface area contributed by atoms with Crippen LogP contribution in [0.5, 0.6) is 5.75 Å². The zero-order chi connectivity index (χ0) is 23.5. The van der Waals surface area contributed by atoms with Gasteiger partial charge < -0.3 is 15.4 Å². The lowest BCUT2D eigenvalue weighted by Crippen LogP contribution is -2.32. The first-order valence-electron chi connectivity index (χ1n) is 8.60. The number of benzene rings is 1. The lowest BCUT2D eigenvalue weighted by atomic mass is 10.1. The number of nitro benzene ring substituents is 1. The fourth-order valence-electron chi connectivity index (χ4n) is 2.23. The average Bonchev–Trinajstić information content (AvgIpc) is 2.63. The number of alkyl halides is 2. The van der Waals surface area contributed by atoms with Gasteiger partial charge in [-0.2, -0.15) is 8.78 Å². The summed E-state index contributed by atoms with van der Waals surface area (Å²) in [6.07, 6.45) is -0.324. The van der Waals surface area contributed by atoms with Crippen LogP contribution in [-0.4, -0.2) is 33.7 Å². The van der Waals surface area contributed by atoms with Crippen molar-refractivity contribution in [1.82, 2.24) is 4.98 Å². The van der Waals surface area contributed by atoms with Crippen LogP contribution < -0.4 is 15.4 Å². The maximum absolute atomic E-state index is 13.2. The van der Waals surface area contributed by atoms with Gasteiger partial charge in [-0.15, -0.1) is 0 Å². The quantitative estimate of drug-likeness (QED) is 0.331. The van der Waals surface area contributed by atoms with Crippen LogP contribution in [0.1, 0.15) is 31.1 Å². The molecule has 0 unspecified atom stereocenters. The minimum absolute atomic E-state index is 0.0702. The highest BCUT2D eigenvalue weighted by molar-refractivity contribution is 6.41. The molecule has 0 radical (unpaired) electrons. The summed E-state index contributed by atoms with van der Waals surface area (Å²) < 4.78 is 31.9. The predicted octanol–water partition coefficient (Wildman–Crippen LogP) is 4.93. The van der Waals surface area contributed by atoms with Crippen LogP contribution in [0.25, 0.3) is 0 Å². The largest absolute Gasteiger partial charge is 0.491 e. The van der Waals surface area contributed by atoms with Crippen LogP contribution in [0.15, 0.2) is 24.3 Å². The van der Waals surface area contributed by atoms with Crippen LogP contribution >= 0.6 is 23.2 Å². The van der Waals surface area contributed by atoms with Crippen molar-refractivity contribution in [2.24, 2.45) is 0 Å². The van der Waals surface area contributed by atoms with Crippen LogP contribution in [0.2, 0.25) is 10.2 Å². The van der Waals surface area contributed by atoms with Gasteiger partial charge in [-0.05, 0) is 26.0 Å². The van der Waals surface area contributed by atoms with Crippen LogP contribution in [0.4, 0.5) is 26.0 Å².